The fourth-order valence-electron chi connectivity index (χ4n) is 4.65. The Bertz CT molecular complexity index is 1480. The third-order valence-electron chi connectivity index (χ3n) is 6.81. The van der Waals surface area contributed by atoms with Crippen molar-refractivity contribution in [1.29, 1.82) is 0 Å². The summed E-state index contributed by atoms with van der Waals surface area (Å²) in [7, 11) is 0. The second-order valence-corrected chi connectivity index (χ2v) is 10.6. The topological polar surface area (TPSA) is 90.0 Å². The van der Waals surface area contributed by atoms with Crippen LogP contribution in [0.5, 0.6) is 0 Å². The standard InChI is InChI=1S/C35H37N3O4/c1-4-22-37(33(39)27-10-16-30(17-11-27)36-23-26-8-6-5-7-9-26)31-18-12-28(13-19-31)34(40)38(24-25(2)3)32-20-14-29(15-21-32)35(41)42/h5-21,25,36H,4,22-24H2,1-3H3,(H,41,42). The highest BCUT2D eigenvalue weighted by molar-refractivity contribution is 6.08. The van der Waals surface area contributed by atoms with Crippen molar-refractivity contribution < 1.29 is 19.5 Å². The zero-order chi connectivity index (χ0) is 30.1. The van der Waals surface area contributed by atoms with Crippen LogP contribution >= 0.6 is 0 Å². The zero-order valence-electron chi connectivity index (χ0n) is 24.3. The van der Waals surface area contributed by atoms with Crippen LogP contribution in [0.2, 0.25) is 0 Å². The largest absolute Gasteiger partial charge is 0.478 e. The van der Waals surface area contributed by atoms with E-state index in [0.29, 0.717) is 42.1 Å². The van der Waals surface area contributed by atoms with Crippen molar-refractivity contribution in [2.24, 2.45) is 5.92 Å². The molecule has 4 aromatic carbocycles. The maximum Gasteiger partial charge on any atom is 0.335 e. The fourth-order valence-corrected chi connectivity index (χ4v) is 4.65. The third-order valence-corrected chi connectivity index (χ3v) is 6.81. The highest BCUT2D eigenvalue weighted by atomic mass is 16.4. The summed E-state index contributed by atoms with van der Waals surface area (Å²) in [6.07, 6.45) is 0.775. The normalized spacial score (nSPS) is 10.8. The summed E-state index contributed by atoms with van der Waals surface area (Å²) in [5.74, 6) is -1.11. The number of amides is 2. The number of nitrogens with one attached hydrogen (secondary N) is 1. The molecule has 0 aliphatic rings. The van der Waals surface area contributed by atoms with Gasteiger partial charge in [0.15, 0.2) is 0 Å². The van der Waals surface area contributed by atoms with Gasteiger partial charge < -0.3 is 20.2 Å². The molecular formula is C35H37N3O4. The second-order valence-electron chi connectivity index (χ2n) is 10.6. The molecule has 0 radical (unpaired) electrons. The molecule has 2 N–H and O–H groups in total. The summed E-state index contributed by atoms with van der Waals surface area (Å²) in [4.78, 5) is 41.7. The van der Waals surface area contributed by atoms with Gasteiger partial charge in [0.2, 0.25) is 0 Å². The molecule has 216 valence electrons. The van der Waals surface area contributed by atoms with Crippen molar-refractivity contribution in [2.75, 3.05) is 28.2 Å². The molecule has 0 unspecified atom stereocenters. The number of rotatable bonds is 12. The van der Waals surface area contributed by atoms with E-state index in [4.69, 9.17) is 0 Å². The SMILES string of the molecule is CCCN(C(=O)c1ccc(NCc2ccccc2)cc1)c1ccc(C(=O)N(CC(C)C)c2ccc(C(=O)O)cc2)cc1. The van der Waals surface area contributed by atoms with Gasteiger partial charge in [-0.3, -0.25) is 9.59 Å². The maximum absolute atomic E-state index is 13.6. The average Bonchev–Trinajstić information content (AvgIpc) is 3.01. The zero-order valence-corrected chi connectivity index (χ0v) is 24.3. The number of hydrogen-bond acceptors (Lipinski definition) is 4. The Balaban J connectivity index is 1.49. The second kappa shape index (κ2) is 14.1. The summed E-state index contributed by atoms with van der Waals surface area (Å²) < 4.78 is 0. The molecule has 4 aromatic rings. The number of carbonyl (C=O) groups excluding carboxylic acids is 2. The first-order valence-electron chi connectivity index (χ1n) is 14.2. The minimum Gasteiger partial charge on any atom is -0.478 e. The summed E-state index contributed by atoms with van der Waals surface area (Å²) in [5.41, 5.74) is 4.69. The molecule has 0 saturated heterocycles. The molecular weight excluding hydrogens is 526 g/mol. The van der Waals surface area contributed by atoms with Crippen molar-refractivity contribution in [1.82, 2.24) is 0 Å². The van der Waals surface area contributed by atoms with E-state index in [9.17, 15) is 19.5 Å². The van der Waals surface area contributed by atoms with Gasteiger partial charge in [0.25, 0.3) is 11.8 Å². The number of aromatic carboxylic acids is 1. The molecule has 42 heavy (non-hydrogen) atoms. The molecule has 0 saturated carbocycles. The molecule has 0 aliphatic carbocycles. The van der Waals surface area contributed by atoms with Gasteiger partial charge in [-0.25, -0.2) is 4.79 Å². The third kappa shape index (κ3) is 7.63. The lowest BCUT2D eigenvalue weighted by Gasteiger charge is -2.26. The predicted molar refractivity (Wildman–Crippen MR) is 169 cm³/mol. The first kappa shape index (κ1) is 30.1. The van der Waals surface area contributed by atoms with Gasteiger partial charge in [0.05, 0.1) is 5.56 Å². The van der Waals surface area contributed by atoms with Crippen molar-refractivity contribution in [2.45, 2.75) is 33.7 Å². The molecule has 4 rings (SSSR count). The Labute approximate surface area is 247 Å². The van der Waals surface area contributed by atoms with E-state index in [2.05, 4.69) is 17.4 Å². The first-order valence-corrected chi connectivity index (χ1v) is 14.2. The molecule has 0 bridgehead atoms. The van der Waals surface area contributed by atoms with Gasteiger partial charge in [0.1, 0.15) is 0 Å². The molecule has 0 atom stereocenters. The summed E-state index contributed by atoms with van der Waals surface area (Å²) in [5, 5.41) is 12.6. The highest BCUT2D eigenvalue weighted by Crippen LogP contribution is 2.24. The van der Waals surface area contributed by atoms with E-state index < -0.39 is 5.97 Å². The van der Waals surface area contributed by atoms with Gasteiger partial charge in [-0.1, -0.05) is 51.1 Å². The maximum atomic E-state index is 13.6. The number of carboxylic acid groups (broad SMARTS) is 1. The Hall–Kier alpha value is -4.91. The smallest absolute Gasteiger partial charge is 0.335 e. The van der Waals surface area contributed by atoms with Crippen molar-refractivity contribution in [3.8, 4) is 0 Å². The quantitative estimate of drug-likeness (QED) is 0.188. The lowest BCUT2D eigenvalue weighted by molar-refractivity contribution is 0.0696. The Kier molecular flexibility index (Phi) is 10.1. The van der Waals surface area contributed by atoms with Crippen molar-refractivity contribution in [3.63, 3.8) is 0 Å². The molecule has 0 fully saturated rings. The van der Waals surface area contributed by atoms with Gasteiger partial charge >= 0.3 is 5.97 Å². The van der Waals surface area contributed by atoms with Crippen LogP contribution in [0.25, 0.3) is 0 Å². The minimum atomic E-state index is -1.01. The number of anilines is 3. The number of hydrogen-bond donors (Lipinski definition) is 2. The van der Waals surface area contributed by atoms with Gasteiger partial charge in [0, 0.05) is 47.8 Å². The number of carbonyl (C=O) groups is 3. The highest BCUT2D eigenvalue weighted by Gasteiger charge is 2.21. The van der Waals surface area contributed by atoms with Crippen LogP contribution < -0.4 is 15.1 Å². The first-order chi connectivity index (χ1) is 20.3. The van der Waals surface area contributed by atoms with Gasteiger partial charge in [-0.05, 0) is 90.7 Å². The van der Waals surface area contributed by atoms with Crippen LogP contribution in [0.1, 0.15) is 63.8 Å². The van der Waals surface area contributed by atoms with Crippen LogP contribution in [0.3, 0.4) is 0 Å². The van der Waals surface area contributed by atoms with Crippen LogP contribution in [0.4, 0.5) is 17.1 Å². The molecule has 7 heteroatoms. The number of carboxylic acids is 1. The van der Waals surface area contributed by atoms with Crippen LogP contribution in [-0.2, 0) is 6.54 Å². The van der Waals surface area contributed by atoms with E-state index in [-0.39, 0.29) is 23.3 Å². The Morgan fingerprint density at radius 1 is 0.690 bits per heavy atom. The van der Waals surface area contributed by atoms with Crippen LogP contribution in [-0.4, -0.2) is 36.0 Å². The lowest BCUT2D eigenvalue weighted by Crippen LogP contribution is -2.34. The van der Waals surface area contributed by atoms with E-state index in [0.717, 1.165) is 12.1 Å². The monoisotopic (exact) mass is 563 g/mol. The Morgan fingerprint density at radius 3 is 1.71 bits per heavy atom. The number of nitrogens with zero attached hydrogens (tertiary/aromatic N) is 2. The molecule has 7 nitrogen and oxygen atoms in total. The molecule has 0 spiro atoms. The van der Waals surface area contributed by atoms with Crippen LogP contribution in [0.15, 0.2) is 103 Å². The lowest BCUT2D eigenvalue weighted by atomic mass is 10.1. The van der Waals surface area contributed by atoms with Gasteiger partial charge in [-0.2, -0.15) is 0 Å². The van der Waals surface area contributed by atoms with Crippen molar-refractivity contribution >= 4 is 34.8 Å². The van der Waals surface area contributed by atoms with E-state index in [1.165, 1.54) is 17.7 Å². The fraction of sp³-hybridized carbons (Fsp3) is 0.229. The van der Waals surface area contributed by atoms with Gasteiger partial charge in [-0.15, -0.1) is 0 Å². The number of benzene rings is 4. The van der Waals surface area contributed by atoms with Crippen molar-refractivity contribution in [3.05, 3.63) is 125 Å². The molecule has 0 aliphatic heterocycles. The van der Waals surface area contributed by atoms with Crippen LogP contribution in [0, 0.1) is 5.92 Å². The minimum absolute atomic E-state index is 0.106. The molecule has 2 amide bonds. The summed E-state index contributed by atoms with van der Waals surface area (Å²) >= 11 is 0. The molecule has 0 aromatic heterocycles. The van der Waals surface area contributed by atoms with E-state index in [1.807, 2.05) is 63.2 Å². The molecule has 0 heterocycles. The van der Waals surface area contributed by atoms with E-state index >= 15 is 0 Å². The predicted octanol–water partition coefficient (Wildman–Crippen LogP) is 7.36. The van der Waals surface area contributed by atoms with E-state index in [1.54, 1.807) is 46.2 Å². The summed E-state index contributed by atoms with van der Waals surface area (Å²) in [6.45, 7) is 7.78. The average molecular weight is 564 g/mol. The Morgan fingerprint density at radius 2 is 1.19 bits per heavy atom. The summed E-state index contributed by atoms with van der Waals surface area (Å²) in [6, 6.07) is 31.0.